The Hall–Kier alpha value is -1.59. The largest absolute Gasteiger partial charge is 0.480 e. The van der Waals surface area contributed by atoms with Gasteiger partial charge in [0.1, 0.15) is 6.54 Å². The highest BCUT2D eigenvalue weighted by Crippen LogP contribution is 2.66. The van der Waals surface area contributed by atoms with Crippen molar-refractivity contribution >= 4 is 17.8 Å². The van der Waals surface area contributed by atoms with E-state index in [9.17, 15) is 14.4 Å². The summed E-state index contributed by atoms with van der Waals surface area (Å²) in [5.41, 5.74) is 0.389. The molecule has 2 aliphatic carbocycles. The number of nitrogens with zero attached hydrogens (tertiary/aromatic N) is 2. The Morgan fingerprint density at radius 3 is 2.38 bits per heavy atom. The van der Waals surface area contributed by atoms with Gasteiger partial charge in [-0.1, -0.05) is 6.42 Å². The van der Waals surface area contributed by atoms with Crippen LogP contribution in [-0.2, 0) is 14.4 Å². The van der Waals surface area contributed by atoms with Crippen LogP contribution < -0.4 is 0 Å². The summed E-state index contributed by atoms with van der Waals surface area (Å²) >= 11 is 0. The van der Waals surface area contributed by atoms with E-state index in [2.05, 4.69) is 0 Å². The first-order valence-electron chi connectivity index (χ1n) is 9.22. The summed E-state index contributed by atoms with van der Waals surface area (Å²) in [7, 11) is 0. The monoisotopic (exact) mass is 334 g/mol. The van der Waals surface area contributed by atoms with E-state index >= 15 is 0 Å². The number of piperidine rings is 2. The first-order valence-corrected chi connectivity index (χ1v) is 9.22. The maximum Gasteiger partial charge on any atom is 0.323 e. The number of likely N-dealkylation sites (tertiary alicyclic amines) is 2. The van der Waals surface area contributed by atoms with Crippen LogP contribution in [0, 0.1) is 16.7 Å². The fourth-order valence-corrected chi connectivity index (χ4v) is 5.12. The molecule has 0 radical (unpaired) electrons. The molecule has 4 rings (SSSR count). The topological polar surface area (TPSA) is 77.9 Å². The van der Waals surface area contributed by atoms with Gasteiger partial charge in [0.25, 0.3) is 0 Å². The van der Waals surface area contributed by atoms with Gasteiger partial charge in [-0.05, 0) is 49.4 Å². The van der Waals surface area contributed by atoms with Crippen LogP contribution in [0.15, 0.2) is 0 Å². The minimum atomic E-state index is -0.951. The molecule has 0 unspecified atom stereocenters. The van der Waals surface area contributed by atoms with E-state index < -0.39 is 5.97 Å². The van der Waals surface area contributed by atoms with Gasteiger partial charge >= 0.3 is 5.97 Å². The first-order chi connectivity index (χ1) is 11.4. The molecule has 2 aliphatic heterocycles. The summed E-state index contributed by atoms with van der Waals surface area (Å²) in [6.07, 6.45) is 7.88. The molecule has 6 nitrogen and oxygen atoms in total. The van der Waals surface area contributed by atoms with Gasteiger partial charge < -0.3 is 14.9 Å². The number of rotatable bonds is 3. The Bertz CT molecular complexity index is 576. The molecule has 4 aliphatic rings. The minimum Gasteiger partial charge on any atom is -0.480 e. The highest BCUT2D eigenvalue weighted by atomic mass is 16.4. The maximum atomic E-state index is 12.7. The van der Waals surface area contributed by atoms with Crippen LogP contribution in [0.25, 0.3) is 0 Å². The third-order valence-corrected chi connectivity index (χ3v) is 7.05. The molecule has 1 N–H and O–H groups in total. The van der Waals surface area contributed by atoms with E-state index in [-0.39, 0.29) is 23.8 Å². The van der Waals surface area contributed by atoms with Crippen LogP contribution in [0.2, 0.25) is 0 Å². The minimum absolute atomic E-state index is 0.0118. The van der Waals surface area contributed by atoms with Crippen LogP contribution in [0.4, 0.5) is 0 Å². The summed E-state index contributed by atoms with van der Waals surface area (Å²) in [6.45, 7) is 1.86. The normalized spacial score (nSPS) is 30.3. The lowest BCUT2D eigenvalue weighted by Gasteiger charge is -2.47. The number of hydrogen-bond acceptors (Lipinski definition) is 3. The summed E-state index contributed by atoms with van der Waals surface area (Å²) in [5.74, 6) is -0.380. The molecule has 0 aromatic carbocycles. The van der Waals surface area contributed by atoms with Crippen molar-refractivity contribution in [3.63, 3.8) is 0 Å². The molecule has 0 aromatic rings. The van der Waals surface area contributed by atoms with Crippen molar-refractivity contribution in [1.29, 1.82) is 0 Å². The molecule has 0 aromatic heterocycles. The van der Waals surface area contributed by atoms with Gasteiger partial charge in [0.2, 0.25) is 11.8 Å². The fourth-order valence-electron chi connectivity index (χ4n) is 5.12. The zero-order chi connectivity index (χ0) is 16.9. The highest BCUT2D eigenvalue weighted by Gasteiger charge is 2.61. The first kappa shape index (κ1) is 15.9. The van der Waals surface area contributed by atoms with Crippen LogP contribution >= 0.6 is 0 Å². The summed E-state index contributed by atoms with van der Waals surface area (Å²) in [4.78, 5) is 39.1. The fraction of sp³-hybridized carbons (Fsp3) is 0.833. The van der Waals surface area contributed by atoms with Gasteiger partial charge in [-0.2, -0.15) is 0 Å². The summed E-state index contributed by atoms with van der Waals surface area (Å²) in [6, 6.07) is 0. The Labute approximate surface area is 142 Å². The van der Waals surface area contributed by atoms with Gasteiger partial charge in [-0.15, -0.1) is 0 Å². The van der Waals surface area contributed by atoms with Crippen LogP contribution in [-0.4, -0.2) is 58.9 Å². The smallest absolute Gasteiger partial charge is 0.323 e. The van der Waals surface area contributed by atoms with Gasteiger partial charge in [-0.25, -0.2) is 0 Å². The van der Waals surface area contributed by atoms with E-state index in [1.54, 1.807) is 0 Å². The van der Waals surface area contributed by atoms with Crippen molar-refractivity contribution in [1.82, 2.24) is 9.80 Å². The SMILES string of the molecule is O=C(O)CN1CC2(CCC1=O)CCN(C(=O)[C@@H]1CC13CCC3)CC2. The number of amides is 2. The molecule has 2 saturated heterocycles. The lowest BCUT2D eigenvalue weighted by atomic mass is 9.72. The van der Waals surface area contributed by atoms with E-state index in [0.29, 0.717) is 24.3 Å². The van der Waals surface area contributed by atoms with E-state index in [1.807, 2.05) is 4.90 Å². The number of hydrogen-bond donors (Lipinski definition) is 1. The van der Waals surface area contributed by atoms with Crippen LogP contribution in [0.1, 0.15) is 51.4 Å². The Balaban J connectivity index is 1.34. The summed E-state index contributed by atoms with van der Waals surface area (Å²) in [5, 5.41) is 8.98. The van der Waals surface area contributed by atoms with Gasteiger partial charge in [0.15, 0.2) is 0 Å². The zero-order valence-electron chi connectivity index (χ0n) is 14.1. The van der Waals surface area contributed by atoms with Gasteiger partial charge in [-0.3, -0.25) is 14.4 Å². The van der Waals surface area contributed by atoms with Gasteiger partial charge in [0, 0.05) is 32.0 Å². The molecule has 2 heterocycles. The Morgan fingerprint density at radius 2 is 1.83 bits per heavy atom. The van der Waals surface area contributed by atoms with Crippen molar-refractivity contribution in [3.05, 3.63) is 0 Å². The number of carbonyl (C=O) groups excluding carboxylic acids is 2. The highest BCUT2D eigenvalue weighted by molar-refractivity contribution is 5.83. The molecular formula is C18H26N2O4. The average Bonchev–Trinajstić information content (AvgIpc) is 3.27. The molecule has 2 saturated carbocycles. The molecule has 2 amide bonds. The van der Waals surface area contributed by atoms with Crippen LogP contribution in [0.5, 0.6) is 0 Å². The van der Waals surface area contributed by atoms with E-state index in [4.69, 9.17) is 5.11 Å². The second kappa shape index (κ2) is 5.46. The van der Waals surface area contributed by atoms with Crippen molar-refractivity contribution in [3.8, 4) is 0 Å². The van der Waals surface area contributed by atoms with Crippen molar-refractivity contribution in [2.75, 3.05) is 26.2 Å². The lowest BCUT2D eigenvalue weighted by molar-refractivity contribution is -0.150. The molecule has 0 bridgehead atoms. The lowest BCUT2D eigenvalue weighted by Crippen LogP contribution is -2.53. The van der Waals surface area contributed by atoms with Crippen molar-refractivity contribution in [2.24, 2.45) is 16.7 Å². The van der Waals surface area contributed by atoms with Crippen LogP contribution in [0.3, 0.4) is 0 Å². The molecule has 4 fully saturated rings. The third kappa shape index (κ3) is 2.60. The molecular weight excluding hydrogens is 308 g/mol. The maximum absolute atomic E-state index is 12.7. The zero-order valence-corrected chi connectivity index (χ0v) is 14.1. The predicted octanol–water partition coefficient (Wildman–Crippen LogP) is 1.49. The predicted molar refractivity (Wildman–Crippen MR) is 86.1 cm³/mol. The number of carboxylic acid groups (broad SMARTS) is 1. The summed E-state index contributed by atoms with van der Waals surface area (Å²) < 4.78 is 0. The standard InChI is InChI=1S/C18H26N2O4/c21-14-2-5-17(12-20(14)11-15(22)23)6-8-19(9-7-17)16(24)13-10-18(13)3-1-4-18/h13H,1-12H2,(H,22,23)/t13-/m0/s1. The molecule has 132 valence electrons. The second-order valence-electron chi connectivity index (χ2n) is 8.44. The Kier molecular flexibility index (Phi) is 3.62. The molecule has 1 atom stereocenters. The van der Waals surface area contributed by atoms with E-state index in [1.165, 1.54) is 24.2 Å². The van der Waals surface area contributed by atoms with E-state index in [0.717, 1.165) is 38.8 Å². The van der Waals surface area contributed by atoms with Crippen molar-refractivity contribution < 1.29 is 19.5 Å². The third-order valence-electron chi connectivity index (χ3n) is 7.05. The number of carboxylic acids is 1. The molecule has 2 spiro atoms. The Morgan fingerprint density at radius 1 is 1.12 bits per heavy atom. The molecule has 6 heteroatoms. The van der Waals surface area contributed by atoms with Crippen molar-refractivity contribution in [2.45, 2.75) is 51.4 Å². The average molecular weight is 334 g/mol. The van der Waals surface area contributed by atoms with Gasteiger partial charge in [0.05, 0.1) is 0 Å². The number of carbonyl (C=O) groups is 3. The number of aliphatic carboxylic acids is 1. The molecule has 24 heavy (non-hydrogen) atoms. The quantitative estimate of drug-likeness (QED) is 0.848. The second-order valence-corrected chi connectivity index (χ2v) is 8.44.